The van der Waals surface area contributed by atoms with Crippen molar-refractivity contribution in [1.82, 2.24) is 25.5 Å². The fourth-order valence-electron chi connectivity index (χ4n) is 1.79. The van der Waals surface area contributed by atoms with Gasteiger partial charge in [-0.1, -0.05) is 19.1 Å². The summed E-state index contributed by atoms with van der Waals surface area (Å²) in [5, 5.41) is 10.2. The monoisotopic (exact) mass is 287 g/mol. The van der Waals surface area contributed by atoms with Gasteiger partial charge in [-0.25, -0.2) is 9.97 Å². The molecule has 20 heavy (non-hydrogen) atoms. The number of thiazole rings is 1. The Hall–Kier alpha value is -2.28. The van der Waals surface area contributed by atoms with Crippen LogP contribution >= 0.6 is 11.3 Å². The van der Waals surface area contributed by atoms with E-state index in [9.17, 15) is 4.79 Å². The molecule has 3 aromatic rings. The molecule has 2 N–H and O–H groups in total. The molecule has 0 aliphatic carbocycles. The van der Waals surface area contributed by atoms with E-state index in [0.717, 1.165) is 21.6 Å². The Labute approximate surface area is 119 Å². The number of rotatable bonds is 4. The first kappa shape index (κ1) is 12.7. The number of para-hydroxylation sites is 1. The molecule has 0 unspecified atom stereocenters. The van der Waals surface area contributed by atoms with E-state index in [-0.39, 0.29) is 11.7 Å². The highest BCUT2D eigenvalue weighted by molar-refractivity contribution is 7.18. The smallest absolute Gasteiger partial charge is 0.291 e. The average Bonchev–Trinajstić information content (AvgIpc) is 3.10. The number of carbonyl (C=O) groups excluding carboxylic acids is 1. The molecule has 0 saturated carbocycles. The molecule has 2 aromatic heterocycles. The van der Waals surface area contributed by atoms with Crippen molar-refractivity contribution in [3.8, 4) is 0 Å². The first-order valence-electron chi connectivity index (χ1n) is 6.30. The van der Waals surface area contributed by atoms with E-state index in [0.29, 0.717) is 12.4 Å². The molecular formula is C13H13N5OS. The van der Waals surface area contributed by atoms with Gasteiger partial charge in [-0.3, -0.25) is 9.89 Å². The molecule has 0 bridgehead atoms. The summed E-state index contributed by atoms with van der Waals surface area (Å²) >= 11 is 1.57. The zero-order chi connectivity index (χ0) is 13.9. The first-order valence-corrected chi connectivity index (χ1v) is 7.12. The summed E-state index contributed by atoms with van der Waals surface area (Å²) in [6.45, 7) is 2.33. The van der Waals surface area contributed by atoms with Gasteiger partial charge in [0.1, 0.15) is 10.8 Å². The zero-order valence-corrected chi connectivity index (χ0v) is 11.7. The number of amides is 1. The second-order valence-electron chi connectivity index (χ2n) is 4.22. The second-order valence-corrected chi connectivity index (χ2v) is 5.33. The number of hydrogen-bond donors (Lipinski definition) is 2. The minimum atomic E-state index is -0.291. The van der Waals surface area contributed by atoms with Gasteiger partial charge in [0.05, 0.1) is 16.8 Å². The van der Waals surface area contributed by atoms with Gasteiger partial charge < -0.3 is 5.32 Å². The number of carbonyl (C=O) groups is 1. The van der Waals surface area contributed by atoms with E-state index >= 15 is 0 Å². The van der Waals surface area contributed by atoms with Crippen LogP contribution in [0.25, 0.3) is 10.2 Å². The summed E-state index contributed by atoms with van der Waals surface area (Å²) in [5.74, 6) is 0.582. The molecule has 0 atom stereocenters. The standard InChI is InChI=1S/C13H13N5OS/c1-2-10-16-12(18-17-10)13(19)14-7-11-15-8-5-3-4-6-9(8)20-11/h3-6H,2,7H2,1H3,(H,14,19)(H,16,17,18). The van der Waals surface area contributed by atoms with Crippen molar-refractivity contribution in [1.29, 1.82) is 0 Å². The predicted molar refractivity (Wildman–Crippen MR) is 76.6 cm³/mol. The van der Waals surface area contributed by atoms with E-state index in [4.69, 9.17) is 0 Å². The second kappa shape index (κ2) is 5.38. The van der Waals surface area contributed by atoms with Crippen LogP contribution in [0.15, 0.2) is 24.3 Å². The van der Waals surface area contributed by atoms with E-state index < -0.39 is 0 Å². The molecule has 0 aliphatic rings. The van der Waals surface area contributed by atoms with Crippen molar-refractivity contribution < 1.29 is 4.79 Å². The van der Waals surface area contributed by atoms with Crippen LogP contribution in [0.1, 0.15) is 28.4 Å². The Morgan fingerprint density at radius 1 is 1.35 bits per heavy atom. The van der Waals surface area contributed by atoms with Crippen molar-refractivity contribution in [3.63, 3.8) is 0 Å². The molecule has 6 nitrogen and oxygen atoms in total. The van der Waals surface area contributed by atoms with Crippen molar-refractivity contribution in [3.05, 3.63) is 40.9 Å². The number of fused-ring (bicyclic) bond motifs is 1. The molecule has 3 rings (SSSR count). The molecule has 0 fully saturated rings. The highest BCUT2D eigenvalue weighted by atomic mass is 32.1. The SMILES string of the molecule is CCc1nc(C(=O)NCc2nc3ccccc3s2)n[nH]1. The summed E-state index contributed by atoms with van der Waals surface area (Å²) in [6.07, 6.45) is 0.720. The number of aryl methyl sites for hydroxylation is 1. The predicted octanol–water partition coefficient (Wildman–Crippen LogP) is 1.91. The zero-order valence-electron chi connectivity index (χ0n) is 10.9. The minimum absolute atomic E-state index is 0.169. The molecule has 0 radical (unpaired) electrons. The largest absolute Gasteiger partial charge is 0.343 e. The Bertz CT molecular complexity index is 715. The maximum Gasteiger partial charge on any atom is 0.291 e. The van der Waals surface area contributed by atoms with E-state index in [1.54, 1.807) is 11.3 Å². The molecular weight excluding hydrogens is 274 g/mol. The van der Waals surface area contributed by atoms with Crippen LogP contribution in [0.4, 0.5) is 0 Å². The van der Waals surface area contributed by atoms with Gasteiger partial charge in [-0.15, -0.1) is 16.4 Å². The van der Waals surface area contributed by atoms with E-state index in [2.05, 4.69) is 25.5 Å². The summed E-state index contributed by atoms with van der Waals surface area (Å²) in [7, 11) is 0. The van der Waals surface area contributed by atoms with Gasteiger partial charge in [0, 0.05) is 6.42 Å². The van der Waals surface area contributed by atoms with Crippen LogP contribution in [-0.4, -0.2) is 26.1 Å². The first-order chi connectivity index (χ1) is 9.76. The number of aromatic nitrogens is 4. The third-order valence-corrected chi connectivity index (χ3v) is 3.84. The number of H-pyrrole nitrogens is 1. The van der Waals surface area contributed by atoms with Crippen LogP contribution in [0, 0.1) is 0 Å². The molecule has 102 valence electrons. The summed E-state index contributed by atoms with van der Waals surface area (Å²) in [4.78, 5) is 20.4. The third kappa shape index (κ3) is 2.53. The lowest BCUT2D eigenvalue weighted by Crippen LogP contribution is -2.23. The maximum atomic E-state index is 11.9. The van der Waals surface area contributed by atoms with Crippen molar-refractivity contribution in [2.24, 2.45) is 0 Å². The van der Waals surface area contributed by atoms with Crippen molar-refractivity contribution in [2.45, 2.75) is 19.9 Å². The number of nitrogens with one attached hydrogen (secondary N) is 2. The highest BCUT2D eigenvalue weighted by Crippen LogP contribution is 2.21. The molecule has 2 heterocycles. The Kier molecular flexibility index (Phi) is 3.42. The molecule has 1 aromatic carbocycles. The van der Waals surface area contributed by atoms with Gasteiger partial charge >= 0.3 is 0 Å². The number of hydrogen-bond acceptors (Lipinski definition) is 5. The molecule has 7 heteroatoms. The van der Waals surface area contributed by atoms with Crippen molar-refractivity contribution >= 4 is 27.5 Å². The fraction of sp³-hybridized carbons (Fsp3) is 0.231. The van der Waals surface area contributed by atoms with Crippen LogP contribution in [0.3, 0.4) is 0 Å². The Morgan fingerprint density at radius 3 is 2.95 bits per heavy atom. The maximum absolute atomic E-state index is 11.9. The fourth-order valence-corrected chi connectivity index (χ4v) is 2.69. The quantitative estimate of drug-likeness (QED) is 0.767. The Balaban J connectivity index is 1.68. The number of aromatic amines is 1. The molecule has 0 aliphatic heterocycles. The topological polar surface area (TPSA) is 83.6 Å². The minimum Gasteiger partial charge on any atom is -0.343 e. The highest BCUT2D eigenvalue weighted by Gasteiger charge is 2.12. The van der Waals surface area contributed by atoms with Crippen LogP contribution < -0.4 is 5.32 Å². The van der Waals surface area contributed by atoms with E-state index in [1.165, 1.54) is 0 Å². The van der Waals surface area contributed by atoms with Gasteiger partial charge in [-0.05, 0) is 12.1 Å². The number of benzene rings is 1. The molecule has 0 saturated heterocycles. The van der Waals surface area contributed by atoms with Gasteiger partial charge in [0.25, 0.3) is 5.91 Å². The normalized spacial score (nSPS) is 10.8. The van der Waals surface area contributed by atoms with Crippen LogP contribution in [0.2, 0.25) is 0 Å². The summed E-state index contributed by atoms with van der Waals surface area (Å²) in [5.41, 5.74) is 0.952. The average molecular weight is 287 g/mol. The van der Waals surface area contributed by atoms with Crippen LogP contribution in [0.5, 0.6) is 0 Å². The van der Waals surface area contributed by atoms with Gasteiger partial charge in [-0.2, -0.15) is 0 Å². The molecule has 1 amide bonds. The number of nitrogens with zero attached hydrogens (tertiary/aromatic N) is 3. The third-order valence-electron chi connectivity index (χ3n) is 2.81. The molecule has 0 spiro atoms. The van der Waals surface area contributed by atoms with Gasteiger partial charge in [0.2, 0.25) is 5.82 Å². The lowest BCUT2D eigenvalue weighted by atomic mass is 10.3. The lowest BCUT2D eigenvalue weighted by Gasteiger charge is -1.98. The Morgan fingerprint density at radius 2 is 2.20 bits per heavy atom. The van der Waals surface area contributed by atoms with E-state index in [1.807, 2.05) is 31.2 Å². The van der Waals surface area contributed by atoms with Gasteiger partial charge in [0.15, 0.2) is 0 Å². The van der Waals surface area contributed by atoms with Crippen LogP contribution in [-0.2, 0) is 13.0 Å². The van der Waals surface area contributed by atoms with Crippen molar-refractivity contribution in [2.75, 3.05) is 0 Å². The summed E-state index contributed by atoms with van der Waals surface area (Å²) in [6, 6.07) is 7.90. The lowest BCUT2D eigenvalue weighted by molar-refractivity contribution is 0.0941. The summed E-state index contributed by atoms with van der Waals surface area (Å²) < 4.78 is 1.11.